The lowest BCUT2D eigenvalue weighted by Crippen LogP contribution is -2.40. The van der Waals surface area contributed by atoms with Gasteiger partial charge in [-0.1, -0.05) is 19.9 Å². The van der Waals surface area contributed by atoms with Gasteiger partial charge in [-0.2, -0.15) is 0 Å². The summed E-state index contributed by atoms with van der Waals surface area (Å²) in [6, 6.07) is 8.89. The number of benzene rings is 1. The Hall–Kier alpha value is -3.32. The van der Waals surface area contributed by atoms with Crippen LogP contribution in [0.4, 0.5) is 0 Å². The fraction of sp³-hybridized carbons (Fsp3) is 0.448. The van der Waals surface area contributed by atoms with Crippen molar-refractivity contribution in [2.24, 2.45) is 14.1 Å². The molecule has 7 heteroatoms. The number of hydrogen-bond donors (Lipinski definition) is 1. The van der Waals surface area contributed by atoms with Crippen LogP contribution in [0.3, 0.4) is 0 Å². The van der Waals surface area contributed by atoms with Gasteiger partial charge < -0.3 is 19.0 Å². The third-order valence-corrected chi connectivity index (χ3v) is 7.83. The van der Waals surface area contributed by atoms with Crippen LogP contribution in [0.5, 0.6) is 0 Å². The maximum absolute atomic E-state index is 12.8. The van der Waals surface area contributed by atoms with Crippen molar-refractivity contribution in [1.29, 1.82) is 0 Å². The average Bonchev–Trinajstić information content (AvgIpc) is 3.39. The highest BCUT2D eigenvalue weighted by molar-refractivity contribution is 6.00. The molecule has 5 rings (SSSR count). The first-order chi connectivity index (χ1) is 17.2. The number of hydrogen-bond acceptors (Lipinski definition) is 3. The van der Waals surface area contributed by atoms with E-state index < -0.39 is 0 Å². The lowest BCUT2D eigenvalue weighted by molar-refractivity contribution is -0.130. The number of aromatic nitrogens is 3. The lowest BCUT2D eigenvalue weighted by Gasteiger charge is -2.32. The van der Waals surface area contributed by atoms with Crippen molar-refractivity contribution in [1.82, 2.24) is 23.9 Å². The number of piperidine rings is 1. The van der Waals surface area contributed by atoms with Crippen molar-refractivity contribution in [3.63, 3.8) is 0 Å². The Morgan fingerprint density at radius 1 is 1.08 bits per heavy atom. The number of aryl methyl sites for hydroxylation is 2. The number of likely N-dealkylation sites (N-methyl/N-ethyl adjacent to an activating group) is 1. The second kappa shape index (κ2) is 9.28. The van der Waals surface area contributed by atoms with Crippen LogP contribution in [0, 0.1) is 0 Å². The molecule has 0 atom stereocenters. The predicted molar refractivity (Wildman–Crippen MR) is 147 cm³/mol. The molecule has 1 aliphatic rings. The van der Waals surface area contributed by atoms with E-state index in [1.54, 1.807) is 16.5 Å². The Kier molecular flexibility index (Phi) is 6.29. The van der Waals surface area contributed by atoms with Crippen molar-refractivity contribution >= 4 is 27.7 Å². The minimum absolute atomic E-state index is 0.0179. The first-order valence-corrected chi connectivity index (χ1v) is 12.9. The summed E-state index contributed by atoms with van der Waals surface area (Å²) in [4.78, 5) is 32.6. The second-order valence-corrected chi connectivity index (χ2v) is 10.9. The minimum atomic E-state index is 0.0179. The van der Waals surface area contributed by atoms with Crippen LogP contribution >= 0.6 is 0 Å². The molecule has 0 spiro atoms. The van der Waals surface area contributed by atoms with Gasteiger partial charge in [0.2, 0.25) is 5.91 Å². The highest BCUT2D eigenvalue weighted by Crippen LogP contribution is 2.40. The van der Waals surface area contributed by atoms with E-state index in [1.165, 1.54) is 16.5 Å². The van der Waals surface area contributed by atoms with Crippen molar-refractivity contribution in [2.45, 2.75) is 38.5 Å². The normalized spacial score (nSPS) is 15.4. The smallest absolute Gasteiger partial charge is 0.274 e. The maximum atomic E-state index is 12.8. The Bertz CT molecular complexity index is 1500. The van der Waals surface area contributed by atoms with Gasteiger partial charge in [-0.05, 0) is 67.1 Å². The Morgan fingerprint density at radius 3 is 2.47 bits per heavy atom. The van der Waals surface area contributed by atoms with Crippen molar-refractivity contribution < 1.29 is 4.79 Å². The molecule has 4 heterocycles. The minimum Gasteiger partial charge on any atom is -0.354 e. The van der Waals surface area contributed by atoms with Gasteiger partial charge in [-0.3, -0.25) is 14.5 Å². The molecule has 0 saturated carbocycles. The third-order valence-electron chi connectivity index (χ3n) is 7.83. The summed E-state index contributed by atoms with van der Waals surface area (Å²) in [5.41, 5.74) is 6.73. The fourth-order valence-electron chi connectivity index (χ4n) is 5.75. The summed E-state index contributed by atoms with van der Waals surface area (Å²) in [6.45, 7) is 6.88. The number of nitrogens with one attached hydrogen (secondary N) is 1. The number of carbonyl (C=O) groups excluding carboxylic acids is 1. The zero-order valence-electron chi connectivity index (χ0n) is 22.3. The molecular weight excluding hydrogens is 450 g/mol. The number of carbonyl (C=O) groups is 1. The molecule has 0 aliphatic carbocycles. The molecule has 0 unspecified atom stereocenters. The van der Waals surface area contributed by atoms with Crippen LogP contribution in [0.1, 0.15) is 49.7 Å². The summed E-state index contributed by atoms with van der Waals surface area (Å²) in [5.74, 6) is 0.992. The van der Waals surface area contributed by atoms with E-state index in [2.05, 4.69) is 48.1 Å². The molecule has 0 radical (unpaired) electrons. The van der Waals surface area contributed by atoms with Gasteiger partial charge >= 0.3 is 0 Å². The van der Waals surface area contributed by atoms with Gasteiger partial charge in [-0.15, -0.1) is 0 Å². The van der Waals surface area contributed by atoms with Crippen molar-refractivity contribution in [3.8, 4) is 11.3 Å². The van der Waals surface area contributed by atoms with Crippen molar-refractivity contribution in [2.75, 3.05) is 33.7 Å². The van der Waals surface area contributed by atoms with Crippen LogP contribution in [0.15, 0.2) is 41.5 Å². The number of aromatic amines is 1. The van der Waals surface area contributed by atoms with Crippen molar-refractivity contribution in [3.05, 3.63) is 58.1 Å². The molecule has 4 aromatic rings. The van der Waals surface area contributed by atoms with Crippen LogP contribution in [-0.4, -0.2) is 63.6 Å². The highest BCUT2D eigenvalue weighted by Gasteiger charge is 2.25. The number of H-pyrrole nitrogens is 1. The fourth-order valence-corrected chi connectivity index (χ4v) is 5.75. The number of rotatable bonds is 5. The van der Waals surface area contributed by atoms with E-state index in [4.69, 9.17) is 0 Å². The average molecular weight is 488 g/mol. The van der Waals surface area contributed by atoms with Gasteiger partial charge in [0.15, 0.2) is 0 Å². The Labute approximate surface area is 212 Å². The second-order valence-electron chi connectivity index (χ2n) is 10.9. The van der Waals surface area contributed by atoms with Crippen LogP contribution in [-0.2, 0) is 18.9 Å². The van der Waals surface area contributed by atoms with Crippen LogP contribution < -0.4 is 5.56 Å². The van der Waals surface area contributed by atoms with E-state index in [0.29, 0.717) is 18.4 Å². The Balaban J connectivity index is 1.51. The molecule has 1 amide bonds. The summed E-state index contributed by atoms with van der Waals surface area (Å²) in [6.07, 6.45) is 6.05. The zero-order chi connectivity index (χ0) is 25.7. The first kappa shape index (κ1) is 24.4. The summed E-state index contributed by atoms with van der Waals surface area (Å²) in [5, 5.41) is 2.25. The molecular formula is C29H37N5O2. The number of likely N-dealkylation sites (tertiary alicyclic amines) is 1. The maximum Gasteiger partial charge on any atom is 0.274 e. The van der Waals surface area contributed by atoms with E-state index in [1.807, 2.05) is 38.0 Å². The number of nitrogens with zero attached hydrogens (tertiary/aromatic N) is 4. The van der Waals surface area contributed by atoms with Gasteiger partial charge in [0.1, 0.15) is 5.52 Å². The molecule has 36 heavy (non-hydrogen) atoms. The summed E-state index contributed by atoms with van der Waals surface area (Å²) in [7, 11) is 7.38. The molecule has 190 valence electrons. The molecule has 7 nitrogen and oxygen atoms in total. The number of amides is 1. The van der Waals surface area contributed by atoms with Gasteiger partial charge in [-0.25, -0.2) is 0 Å². The highest BCUT2D eigenvalue weighted by atomic mass is 16.2. The van der Waals surface area contributed by atoms with E-state index in [9.17, 15) is 9.59 Å². The molecule has 0 bridgehead atoms. The molecule has 3 aromatic heterocycles. The van der Waals surface area contributed by atoms with Crippen LogP contribution in [0.2, 0.25) is 0 Å². The zero-order valence-corrected chi connectivity index (χ0v) is 22.3. The standard InChI is InChI=1S/C29H37N5O2/c1-18(2)26-22-15-20(19-9-13-34(14-10-19)17-25(35)31(3)4)7-8-24(22)30-27(26)23-16-33(6)28-21(23)11-12-32(5)29(28)36/h7-8,11-12,15-16,18-19,30H,9-10,13-14,17H2,1-6H3. The summed E-state index contributed by atoms with van der Waals surface area (Å²) < 4.78 is 3.58. The quantitative estimate of drug-likeness (QED) is 0.453. The molecule has 1 aromatic carbocycles. The van der Waals surface area contributed by atoms with E-state index in [-0.39, 0.29) is 11.5 Å². The first-order valence-electron chi connectivity index (χ1n) is 12.9. The topological polar surface area (TPSA) is 66.3 Å². The number of pyridine rings is 1. The lowest BCUT2D eigenvalue weighted by atomic mass is 9.87. The van der Waals surface area contributed by atoms with E-state index in [0.717, 1.165) is 53.6 Å². The molecule has 1 fully saturated rings. The largest absolute Gasteiger partial charge is 0.354 e. The molecule has 1 aliphatic heterocycles. The van der Waals surface area contributed by atoms with Gasteiger partial charge in [0.05, 0.1) is 12.2 Å². The van der Waals surface area contributed by atoms with Gasteiger partial charge in [0, 0.05) is 62.4 Å². The van der Waals surface area contributed by atoms with Crippen LogP contribution in [0.25, 0.3) is 33.1 Å². The number of fused-ring (bicyclic) bond motifs is 2. The molecule has 1 saturated heterocycles. The molecule has 1 N–H and O–H groups in total. The van der Waals surface area contributed by atoms with E-state index >= 15 is 0 Å². The third kappa shape index (κ3) is 4.15. The van der Waals surface area contributed by atoms with Gasteiger partial charge in [0.25, 0.3) is 5.56 Å². The monoisotopic (exact) mass is 487 g/mol. The summed E-state index contributed by atoms with van der Waals surface area (Å²) >= 11 is 0. The Morgan fingerprint density at radius 2 is 1.81 bits per heavy atom. The predicted octanol–water partition coefficient (Wildman–Crippen LogP) is 4.42. The SMILES string of the molecule is CC(C)c1c(-c2cn(C)c3c(=O)n(C)ccc23)[nH]c2ccc(C3CCN(CC(=O)N(C)C)CC3)cc12.